The Bertz CT molecular complexity index is 1080. The lowest BCUT2D eigenvalue weighted by Crippen LogP contribution is -2.38. The minimum atomic E-state index is -4.92. The third-order valence-corrected chi connectivity index (χ3v) is 5.67. The first-order valence-electron chi connectivity index (χ1n) is 10.8. The molecular formula is C24H25F6N3O. The minimum absolute atomic E-state index is 0.0144. The van der Waals surface area contributed by atoms with Crippen LogP contribution in [-0.2, 0) is 6.18 Å². The van der Waals surface area contributed by atoms with Crippen LogP contribution in [0.5, 0.6) is 5.75 Å². The summed E-state index contributed by atoms with van der Waals surface area (Å²) < 4.78 is 84.3. The lowest BCUT2D eigenvalue weighted by Gasteiger charge is -2.37. The van der Waals surface area contributed by atoms with Gasteiger partial charge in [-0.25, -0.2) is 4.99 Å². The van der Waals surface area contributed by atoms with E-state index in [-0.39, 0.29) is 34.4 Å². The third kappa shape index (κ3) is 6.09. The molecule has 3 rings (SSSR count). The van der Waals surface area contributed by atoms with Crippen molar-refractivity contribution in [2.24, 2.45) is 9.98 Å². The first-order valence-corrected chi connectivity index (χ1v) is 10.8. The van der Waals surface area contributed by atoms with Crippen LogP contribution in [-0.4, -0.2) is 37.5 Å². The van der Waals surface area contributed by atoms with Gasteiger partial charge in [0, 0.05) is 31.0 Å². The molecule has 1 saturated heterocycles. The lowest BCUT2D eigenvalue weighted by atomic mass is 9.99. The van der Waals surface area contributed by atoms with Gasteiger partial charge in [-0.1, -0.05) is 18.2 Å². The molecule has 1 unspecified atom stereocenters. The van der Waals surface area contributed by atoms with E-state index >= 15 is 0 Å². The highest BCUT2D eigenvalue weighted by Gasteiger charge is 2.37. The van der Waals surface area contributed by atoms with Crippen LogP contribution in [0.4, 0.5) is 32.0 Å². The van der Waals surface area contributed by atoms with E-state index in [0.29, 0.717) is 6.54 Å². The molecule has 0 aromatic heterocycles. The zero-order chi connectivity index (χ0) is 25.1. The SMILES string of the molecule is CN=C(N=C(C)c1ccc(N2CCCCC2C)c(C(F)(F)F)c1)c1ccccc1OC(F)(F)F. The number of rotatable bonds is 4. The quantitative estimate of drug-likeness (QED) is 0.269. The molecule has 0 bridgehead atoms. The predicted octanol–water partition coefficient (Wildman–Crippen LogP) is 6.87. The number of halogens is 6. The van der Waals surface area contributed by atoms with Gasteiger partial charge in [-0.3, -0.25) is 4.99 Å². The summed E-state index contributed by atoms with van der Waals surface area (Å²) in [5.41, 5.74) is -0.326. The van der Waals surface area contributed by atoms with Gasteiger partial charge >= 0.3 is 12.5 Å². The molecule has 2 aromatic rings. The molecule has 0 N–H and O–H groups in total. The number of nitrogens with zero attached hydrogens (tertiary/aromatic N) is 3. The molecular weight excluding hydrogens is 460 g/mol. The Hall–Kier alpha value is -3.04. The van der Waals surface area contributed by atoms with E-state index in [1.165, 1.54) is 44.3 Å². The van der Waals surface area contributed by atoms with E-state index in [1.807, 2.05) is 6.92 Å². The summed E-state index contributed by atoms with van der Waals surface area (Å²) in [6.07, 6.45) is -6.90. The van der Waals surface area contributed by atoms with Crippen molar-refractivity contribution in [1.82, 2.24) is 0 Å². The standard InChI is InChI=1S/C24H25F6N3O/c1-15-8-6-7-13-33(15)20-12-11-17(14-19(20)23(25,26)27)16(2)32-22(31-3)18-9-4-5-10-21(18)34-24(28,29)30/h4-5,9-12,14-15H,6-8,13H2,1-3H3. The van der Waals surface area contributed by atoms with Crippen LogP contribution in [0.15, 0.2) is 52.4 Å². The number of ether oxygens (including phenoxy) is 1. The molecule has 1 aliphatic heterocycles. The Morgan fingerprint density at radius 3 is 2.35 bits per heavy atom. The first kappa shape index (κ1) is 25.6. The van der Waals surface area contributed by atoms with Gasteiger partial charge in [0.05, 0.1) is 11.1 Å². The van der Waals surface area contributed by atoms with Gasteiger partial charge in [-0.05, 0) is 62.9 Å². The fourth-order valence-corrected chi connectivity index (χ4v) is 4.01. The number of alkyl halides is 6. The molecule has 2 aromatic carbocycles. The van der Waals surface area contributed by atoms with Gasteiger partial charge < -0.3 is 9.64 Å². The van der Waals surface area contributed by atoms with E-state index in [0.717, 1.165) is 31.4 Å². The summed E-state index contributed by atoms with van der Waals surface area (Å²) in [5, 5.41) is 0. The maximum absolute atomic E-state index is 14.0. The van der Waals surface area contributed by atoms with Crippen molar-refractivity contribution in [3.8, 4) is 5.75 Å². The highest BCUT2D eigenvalue weighted by molar-refractivity contribution is 6.12. The van der Waals surface area contributed by atoms with Crippen molar-refractivity contribution in [2.75, 3.05) is 18.5 Å². The van der Waals surface area contributed by atoms with Gasteiger partial charge in [0.25, 0.3) is 0 Å². The topological polar surface area (TPSA) is 37.2 Å². The van der Waals surface area contributed by atoms with Crippen LogP contribution in [0, 0.1) is 0 Å². The van der Waals surface area contributed by atoms with E-state index < -0.39 is 23.9 Å². The highest BCUT2D eigenvalue weighted by atomic mass is 19.4. The molecule has 0 amide bonds. The smallest absolute Gasteiger partial charge is 0.405 e. The molecule has 184 valence electrons. The van der Waals surface area contributed by atoms with Gasteiger partial charge in [-0.2, -0.15) is 13.2 Å². The zero-order valence-electron chi connectivity index (χ0n) is 19.0. The summed E-state index contributed by atoms with van der Waals surface area (Å²) in [5.74, 6) is -0.600. The van der Waals surface area contributed by atoms with Gasteiger partial charge in [0.15, 0.2) is 5.84 Å². The summed E-state index contributed by atoms with van der Waals surface area (Å²) in [7, 11) is 1.33. The highest BCUT2D eigenvalue weighted by Crippen LogP contribution is 2.39. The molecule has 1 aliphatic rings. The minimum Gasteiger partial charge on any atom is -0.405 e. The second-order valence-corrected chi connectivity index (χ2v) is 8.06. The molecule has 1 fully saturated rings. The van der Waals surface area contributed by atoms with Gasteiger partial charge in [0.1, 0.15) is 5.75 Å². The summed E-state index contributed by atoms with van der Waals surface area (Å²) in [4.78, 5) is 9.95. The molecule has 34 heavy (non-hydrogen) atoms. The number of benzene rings is 2. The lowest BCUT2D eigenvalue weighted by molar-refractivity contribution is -0.274. The van der Waals surface area contributed by atoms with Crippen molar-refractivity contribution >= 4 is 17.2 Å². The number of piperidine rings is 1. The summed E-state index contributed by atoms with van der Waals surface area (Å²) in [6.45, 7) is 3.93. The Balaban J connectivity index is 2.01. The van der Waals surface area contributed by atoms with Crippen molar-refractivity contribution in [1.29, 1.82) is 0 Å². The molecule has 1 atom stereocenters. The number of anilines is 1. The number of aliphatic imine (C=N–C) groups is 2. The molecule has 0 radical (unpaired) electrons. The van der Waals surface area contributed by atoms with E-state index in [9.17, 15) is 26.3 Å². The van der Waals surface area contributed by atoms with Crippen LogP contribution in [0.25, 0.3) is 0 Å². The third-order valence-electron chi connectivity index (χ3n) is 5.67. The fourth-order valence-electron chi connectivity index (χ4n) is 4.01. The molecule has 0 aliphatic carbocycles. The van der Waals surface area contributed by atoms with Crippen molar-refractivity contribution in [2.45, 2.75) is 51.7 Å². The van der Waals surface area contributed by atoms with Crippen LogP contribution < -0.4 is 9.64 Å². The molecule has 0 saturated carbocycles. The maximum Gasteiger partial charge on any atom is 0.573 e. The van der Waals surface area contributed by atoms with Crippen molar-refractivity contribution in [3.63, 3.8) is 0 Å². The normalized spacial score (nSPS) is 18.3. The molecule has 1 heterocycles. The second kappa shape index (κ2) is 10.1. The predicted molar refractivity (Wildman–Crippen MR) is 120 cm³/mol. The Labute approximate surface area is 194 Å². The summed E-state index contributed by atoms with van der Waals surface area (Å²) >= 11 is 0. The molecule has 0 spiro atoms. The van der Waals surface area contributed by atoms with Crippen molar-refractivity contribution in [3.05, 3.63) is 59.2 Å². The Kier molecular flexibility index (Phi) is 7.57. The van der Waals surface area contributed by atoms with Crippen LogP contribution in [0.2, 0.25) is 0 Å². The molecule has 10 heteroatoms. The number of para-hydroxylation sites is 1. The number of amidine groups is 1. The van der Waals surface area contributed by atoms with Gasteiger partial charge in [0.2, 0.25) is 0 Å². The van der Waals surface area contributed by atoms with E-state index in [2.05, 4.69) is 14.7 Å². The second-order valence-electron chi connectivity index (χ2n) is 8.06. The van der Waals surface area contributed by atoms with E-state index in [1.54, 1.807) is 4.90 Å². The molecule has 4 nitrogen and oxygen atoms in total. The monoisotopic (exact) mass is 485 g/mol. The van der Waals surface area contributed by atoms with Crippen molar-refractivity contribution < 1.29 is 31.1 Å². The van der Waals surface area contributed by atoms with Gasteiger partial charge in [-0.15, -0.1) is 13.2 Å². The number of hydrogen-bond acceptors (Lipinski definition) is 3. The Morgan fingerprint density at radius 2 is 1.74 bits per heavy atom. The van der Waals surface area contributed by atoms with Crippen LogP contribution in [0.1, 0.15) is 49.8 Å². The fraction of sp³-hybridized carbons (Fsp3) is 0.417. The van der Waals surface area contributed by atoms with Crippen LogP contribution in [0.3, 0.4) is 0 Å². The largest absolute Gasteiger partial charge is 0.573 e. The maximum atomic E-state index is 14.0. The number of hydrogen-bond donors (Lipinski definition) is 0. The van der Waals surface area contributed by atoms with E-state index in [4.69, 9.17) is 0 Å². The zero-order valence-corrected chi connectivity index (χ0v) is 19.0. The van der Waals surface area contributed by atoms with Crippen LogP contribution >= 0.6 is 0 Å². The Morgan fingerprint density at radius 1 is 1.03 bits per heavy atom. The average molecular weight is 485 g/mol. The first-order chi connectivity index (χ1) is 15.9. The summed E-state index contributed by atoms with van der Waals surface area (Å²) in [6, 6.07) is 9.31. The average Bonchev–Trinajstić information content (AvgIpc) is 2.76.